The molecule has 2 amide bonds. The molecule has 3 aromatic rings. The van der Waals surface area contributed by atoms with Crippen LogP contribution in [0.4, 0.5) is 5.69 Å². The fraction of sp³-hybridized carbons (Fsp3) is 0.391. The van der Waals surface area contributed by atoms with Crippen molar-refractivity contribution in [2.24, 2.45) is 5.14 Å². The maximum Gasteiger partial charge on any atom is 0.255 e. The lowest BCUT2D eigenvalue weighted by Crippen LogP contribution is -2.41. The number of nitrogens with two attached hydrogens (primary N) is 1. The molecule has 1 aliphatic heterocycles. The monoisotopic (exact) mass is 499 g/mol. The summed E-state index contributed by atoms with van der Waals surface area (Å²) in [7, 11) is -3.78. The molecule has 4 N–H and O–H groups in total. The third-order valence-corrected chi connectivity index (χ3v) is 7.13. The molecule has 12 heteroatoms. The van der Waals surface area contributed by atoms with Gasteiger partial charge in [-0.15, -0.1) is 0 Å². The maximum absolute atomic E-state index is 13.2. The Morgan fingerprint density at radius 1 is 1.14 bits per heavy atom. The number of pyridine rings is 1. The molecule has 1 aromatic carbocycles. The SMILES string of the molecule is CCn1ncc2c(NC3CCN(C(C)=O)CC3)c(C(=O)NCc3ccc(S(N)(=O)=O)cc3)cnc21. The number of amides is 2. The van der Waals surface area contributed by atoms with Crippen LogP contribution in [0.2, 0.25) is 0 Å². The molecule has 0 saturated carbocycles. The standard InChI is InChI=1S/C23H29N7O4S/c1-3-30-22-19(14-27-30)21(28-17-8-10-29(11-9-17)15(2)31)20(13-25-22)23(32)26-12-16-4-6-18(7-5-16)35(24,33)34/h4-7,13-14,17H,3,8-12H2,1-2H3,(H,25,28)(H,26,32)(H2,24,33,34). The first-order valence-electron chi connectivity index (χ1n) is 11.4. The Kier molecular flexibility index (Phi) is 7.03. The average Bonchev–Trinajstić information content (AvgIpc) is 3.26. The molecule has 2 aromatic heterocycles. The summed E-state index contributed by atoms with van der Waals surface area (Å²) in [5.74, 6) is -0.251. The molecule has 4 rings (SSSR count). The van der Waals surface area contributed by atoms with Crippen LogP contribution in [0.1, 0.15) is 42.6 Å². The first-order chi connectivity index (χ1) is 16.7. The number of nitrogens with one attached hydrogen (secondary N) is 2. The number of hydrogen-bond donors (Lipinski definition) is 3. The largest absolute Gasteiger partial charge is 0.381 e. The van der Waals surface area contributed by atoms with E-state index in [-0.39, 0.29) is 29.3 Å². The highest BCUT2D eigenvalue weighted by molar-refractivity contribution is 7.89. The van der Waals surface area contributed by atoms with E-state index in [0.29, 0.717) is 36.5 Å². The zero-order chi connectivity index (χ0) is 25.2. The number of aryl methyl sites for hydroxylation is 1. The van der Waals surface area contributed by atoms with Crippen molar-refractivity contribution < 1.29 is 18.0 Å². The highest BCUT2D eigenvalue weighted by Crippen LogP contribution is 2.28. The van der Waals surface area contributed by atoms with E-state index in [1.807, 2.05) is 11.8 Å². The smallest absolute Gasteiger partial charge is 0.255 e. The van der Waals surface area contributed by atoms with Crippen molar-refractivity contribution in [1.29, 1.82) is 0 Å². The predicted octanol–water partition coefficient (Wildman–Crippen LogP) is 1.45. The number of fused-ring (bicyclic) bond motifs is 1. The minimum atomic E-state index is -3.78. The minimum Gasteiger partial charge on any atom is -0.381 e. The van der Waals surface area contributed by atoms with E-state index < -0.39 is 10.0 Å². The number of carbonyl (C=O) groups excluding carboxylic acids is 2. The number of anilines is 1. The summed E-state index contributed by atoms with van der Waals surface area (Å²) in [6, 6.07) is 6.12. The van der Waals surface area contributed by atoms with Crippen molar-refractivity contribution in [2.75, 3.05) is 18.4 Å². The molecule has 0 bridgehead atoms. The second kappa shape index (κ2) is 10.0. The molecule has 0 spiro atoms. The van der Waals surface area contributed by atoms with E-state index in [9.17, 15) is 18.0 Å². The van der Waals surface area contributed by atoms with Gasteiger partial charge >= 0.3 is 0 Å². The Morgan fingerprint density at radius 2 is 1.83 bits per heavy atom. The van der Waals surface area contributed by atoms with E-state index in [4.69, 9.17) is 5.14 Å². The summed E-state index contributed by atoms with van der Waals surface area (Å²) in [4.78, 5) is 31.2. The molecule has 0 aliphatic carbocycles. The molecular formula is C23H29N7O4S. The number of piperidine rings is 1. The second-order valence-corrected chi connectivity index (χ2v) is 10.1. The number of likely N-dealkylation sites (tertiary alicyclic amines) is 1. The van der Waals surface area contributed by atoms with Crippen LogP contribution < -0.4 is 15.8 Å². The maximum atomic E-state index is 13.2. The Balaban J connectivity index is 1.55. The highest BCUT2D eigenvalue weighted by Gasteiger charge is 2.24. The Bertz CT molecular complexity index is 1340. The first-order valence-corrected chi connectivity index (χ1v) is 13.0. The summed E-state index contributed by atoms with van der Waals surface area (Å²) in [6.07, 6.45) is 4.79. The summed E-state index contributed by atoms with van der Waals surface area (Å²) >= 11 is 0. The number of carbonyl (C=O) groups is 2. The Labute approximate surface area is 203 Å². The van der Waals surface area contributed by atoms with Gasteiger partial charge in [0, 0.05) is 45.3 Å². The minimum absolute atomic E-state index is 0.0115. The number of aromatic nitrogens is 3. The third kappa shape index (κ3) is 5.43. The summed E-state index contributed by atoms with van der Waals surface area (Å²) in [5.41, 5.74) is 2.47. The van der Waals surface area contributed by atoms with Crippen molar-refractivity contribution in [3.63, 3.8) is 0 Å². The summed E-state index contributed by atoms with van der Waals surface area (Å²) in [6.45, 7) is 5.71. The number of hydrogen-bond acceptors (Lipinski definition) is 7. The van der Waals surface area contributed by atoms with Crippen molar-refractivity contribution >= 4 is 38.6 Å². The van der Waals surface area contributed by atoms with Crippen LogP contribution >= 0.6 is 0 Å². The van der Waals surface area contributed by atoms with Crippen LogP contribution in [0.25, 0.3) is 11.0 Å². The normalized spacial score (nSPS) is 14.8. The molecule has 0 atom stereocenters. The number of benzene rings is 1. The van der Waals surface area contributed by atoms with E-state index in [2.05, 4.69) is 20.7 Å². The third-order valence-electron chi connectivity index (χ3n) is 6.20. The van der Waals surface area contributed by atoms with Gasteiger partial charge in [-0.2, -0.15) is 5.10 Å². The van der Waals surface area contributed by atoms with E-state index in [0.717, 1.165) is 23.8 Å². The van der Waals surface area contributed by atoms with Crippen molar-refractivity contribution in [2.45, 2.75) is 50.7 Å². The quantitative estimate of drug-likeness (QED) is 0.445. The number of rotatable bonds is 7. The lowest BCUT2D eigenvalue weighted by atomic mass is 10.0. The zero-order valence-corrected chi connectivity index (χ0v) is 20.5. The fourth-order valence-corrected chi connectivity index (χ4v) is 4.72. The molecular weight excluding hydrogens is 470 g/mol. The van der Waals surface area contributed by atoms with Crippen LogP contribution in [0.5, 0.6) is 0 Å². The van der Waals surface area contributed by atoms with Crippen LogP contribution in [0.15, 0.2) is 41.6 Å². The number of sulfonamides is 1. The van der Waals surface area contributed by atoms with Crippen molar-refractivity contribution in [1.82, 2.24) is 25.0 Å². The van der Waals surface area contributed by atoms with Gasteiger partial charge in [0.1, 0.15) is 0 Å². The topological polar surface area (TPSA) is 152 Å². The van der Waals surface area contributed by atoms with Gasteiger partial charge in [-0.25, -0.2) is 23.2 Å². The van der Waals surface area contributed by atoms with E-state index >= 15 is 0 Å². The van der Waals surface area contributed by atoms with Gasteiger partial charge in [-0.1, -0.05) is 12.1 Å². The van der Waals surface area contributed by atoms with Crippen molar-refractivity contribution in [3.8, 4) is 0 Å². The van der Waals surface area contributed by atoms with E-state index in [1.165, 1.54) is 12.1 Å². The fourth-order valence-electron chi connectivity index (χ4n) is 4.20. The number of nitrogens with zero attached hydrogens (tertiary/aromatic N) is 4. The predicted molar refractivity (Wildman–Crippen MR) is 131 cm³/mol. The molecule has 1 saturated heterocycles. The van der Waals surface area contributed by atoms with Gasteiger partial charge in [0.05, 0.1) is 27.7 Å². The molecule has 1 fully saturated rings. The molecule has 3 heterocycles. The van der Waals surface area contributed by atoms with Crippen LogP contribution in [0, 0.1) is 0 Å². The van der Waals surface area contributed by atoms with Gasteiger partial charge in [0.25, 0.3) is 5.91 Å². The van der Waals surface area contributed by atoms with Gasteiger partial charge in [-0.3, -0.25) is 9.59 Å². The van der Waals surface area contributed by atoms with Crippen LogP contribution in [0.3, 0.4) is 0 Å². The molecule has 0 radical (unpaired) electrons. The molecule has 35 heavy (non-hydrogen) atoms. The van der Waals surface area contributed by atoms with Crippen LogP contribution in [-0.4, -0.2) is 59.0 Å². The highest BCUT2D eigenvalue weighted by atomic mass is 32.2. The lowest BCUT2D eigenvalue weighted by molar-refractivity contribution is -0.129. The van der Waals surface area contributed by atoms with Gasteiger partial charge < -0.3 is 15.5 Å². The summed E-state index contributed by atoms with van der Waals surface area (Å²) < 4.78 is 24.7. The van der Waals surface area contributed by atoms with E-state index in [1.54, 1.807) is 36.1 Å². The Hall–Kier alpha value is -3.51. The van der Waals surface area contributed by atoms with Gasteiger partial charge in [0.15, 0.2) is 5.65 Å². The molecule has 0 unspecified atom stereocenters. The average molecular weight is 500 g/mol. The first kappa shape index (κ1) is 24.6. The second-order valence-electron chi connectivity index (χ2n) is 8.54. The Morgan fingerprint density at radius 3 is 2.43 bits per heavy atom. The number of primary sulfonamides is 1. The molecule has 186 valence electrons. The van der Waals surface area contributed by atoms with Crippen LogP contribution in [-0.2, 0) is 27.9 Å². The summed E-state index contributed by atoms with van der Waals surface area (Å²) in [5, 5.41) is 16.7. The lowest BCUT2D eigenvalue weighted by Gasteiger charge is -2.32. The van der Waals surface area contributed by atoms with Gasteiger partial charge in [-0.05, 0) is 37.5 Å². The van der Waals surface area contributed by atoms with Crippen molar-refractivity contribution in [3.05, 3.63) is 47.8 Å². The molecule has 11 nitrogen and oxygen atoms in total. The van der Waals surface area contributed by atoms with Gasteiger partial charge in [0.2, 0.25) is 15.9 Å². The molecule has 1 aliphatic rings. The zero-order valence-electron chi connectivity index (χ0n) is 19.7.